The lowest BCUT2D eigenvalue weighted by atomic mass is 10.2. The van der Waals surface area contributed by atoms with Crippen molar-refractivity contribution in [3.8, 4) is 0 Å². The van der Waals surface area contributed by atoms with E-state index >= 15 is 0 Å². The molecule has 0 spiro atoms. The molecule has 2 rings (SSSR count). The number of sulfonamides is 1. The van der Waals surface area contributed by atoms with Crippen LogP contribution in [-0.4, -0.2) is 31.7 Å². The van der Waals surface area contributed by atoms with Crippen LogP contribution in [0.1, 0.15) is 19.4 Å². The molecule has 0 atom stereocenters. The Morgan fingerprint density at radius 1 is 1.07 bits per heavy atom. The van der Waals surface area contributed by atoms with Gasteiger partial charge in [0, 0.05) is 24.2 Å². The minimum absolute atomic E-state index is 0.221. The first-order valence-electron chi connectivity index (χ1n) is 8.32. The van der Waals surface area contributed by atoms with Crippen LogP contribution in [0.3, 0.4) is 0 Å². The summed E-state index contributed by atoms with van der Waals surface area (Å²) in [7, 11) is -3.50. The van der Waals surface area contributed by atoms with E-state index in [4.69, 9.17) is 23.2 Å². The number of carbonyl (C=O) groups is 1. The summed E-state index contributed by atoms with van der Waals surface area (Å²) in [5.74, 6) is -0.376. The van der Waals surface area contributed by atoms with E-state index in [1.807, 2.05) is 0 Å². The Hall–Kier alpha value is -1.86. The predicted molar refractivity (Wildman–Crippen MR) is 111 cm³/mol. The zero-order valence-electron chi connectivity index (χ0n) is 14.9. The fraction of sp³-hybridized carbons (Fsp3) is 0.211. The van der Waals surface area contributed by atoms with Crippen LogP contribution in [0.15, 0.2) is 53.4 Å². The minimum Gasteiger partial charge on any atom is -0.321 e. The third kappa shape index (κ3) is 5.56. The number of benzene rings is 2. The molecule has 27 heavy (non-hydrogen) atoms. The molecule has 8 heteroatoms. The topological polar surface area (TPSA) is 66.5 Å². The highest BCUT2D eigenvalue weighted by atomic mass is 35.5. The van der Waals surface area contributed by atoms with Gasteiger partial charge in [-0.3, -0.25) is 4.79 Å². The van der Waals surface area contributed by atoms with Crippen LogP contribution in [0.5, 0.6) is 0 Å². The van der Waals surface area contributed by atoms with Crippen LogP contribution in [0.4, 0.5) is 5.69 Å². The SMILES string of the molecule is CCN(CC)S(=O)(=O)c1ccc(/C=C/C(=O)Nc2cc(Cl)ccc2Cl)cc1. The quantitative estimate of drug-likeness (QED) is 0.653. The van der Waals surface area contributed by atoms with Gasteiger partial charge < -0.3 is 5.32 Å². The molecule has 2 aromatic carbocycles. The van der Waals surface area contributed by atoms with Crippen molar-refractivity contribution >= 4 is 50.9 Å². The first-order chi connectivity index (χ1) is 12.8. The Morgan fingerprint density at radius 3 is 2.30 bits per heavy atom. The van der Waals surface area contributed by atoms with Gasteiger partial charge in [-0.25, -0.2) is 8.42 Å². The van der Waals surface area contributed by atoms with Gasteiger partial charge in [0.05, 0.1) is 15.6 Å². The highest BCUT2D eigenvalue weighted by molar-refractivity contribution is 7.89. The first-order valence-corrected chi connectivity index (χ1v) is 10.5. The van der Waals surface area contributed by atoms with Crippen LogP contribution in [0, 0.1) is 0 Å². The van der Waals surface area contributed by atoms with Gasteiger partial charge in [0.25, 0.3) is 0 Å². The summed E-state index contributed by atoms with van der Waals surface area (Å²) in [5.41, 5.74) is 1.11. The molecular weight excluding hydrogens is 407 g/mol. The number of hydrogen-bond donors (Lipinski definition) is 1. The highest BCUT2D eigenvalue weighted by Gasteiger charge is 2.20. The Kier molecular flexibility index (Phi) is 7.44. The number of anilines is 1. The Morgan fingerprint density at radius 2 is 1.70 bits per heavy atom. The second kappa shape index (κ2) is 9.37. The molecule has 0 aliphatic heterocycles. The summed E-state index contributed by atoms with van der Waals surface area (Å²) in [6.07, 6.45) is 2.92. The van der Waals surface area contributed by atoms with E-state index in [2.05, 4.69) is 5.32 Å². The van der Waals surface area contributed by atoms with Crippen molar-refractivity contribution in [3.63, 3.8) is 0 Å². The molecule has 0 aliphatic carbocycles. The normalized spacial score (nSPS) is 11.9. The molecule has 0 saturated heterocycles. The third-order valence-corrected chi connectivity index (χ3v) is 6.47. The van der Waals surface area contributed by atoms with Crippen molar-refractivity contribution in [2.24, 2.45) is 0 Å². The molecule has 144 valence electrons. The molecule has 2 aromatic rings. The van der Waals surface area contributed by atoms with Crippen molar-refractivity contribution in [3.05, 3.63) is 64.1 Å². The molecule has 1 amide bonds. The van der Waals surface area contributed by atoms with Crippen LogP contribution < -0.4 is 5.32 Å². The second-order valence-corrected chi connectivity index (χ2v) is 8.39. The van der Waals surface area contributed by atoms with Crippen LogP contribution >= 0.6 is 23.2 Å². The summed E-state index contributed by atoms with van der Waals surface area (Å²) in [6, 6.07) is 11.1. The van der Waals surface area contributed by atoms with Gasteiger partial charge >= 0.3 is 0 Å². The lowest BCUT2D eigenvalue weighted by Gasteiger charge is -2.18. The molecule has 1 N–H and O–H groups in total. The fourth-order valence-corrected chi connectivity index (χ4v) is 4.20. The number of halogens is 2. The molecule has 0 heterocycles. The molecule has 0 radical (unpaired) electrons. The van der Waals surface area contributed by atoms with Crippen LogP contribution in [0.2, 0.25) is 10.0 Å². The number of rotatable bonds is 7. The molecule has 0 saturated carbocycles. The summed E-state index contributed by atoms with van der Waals surface area (Å²) in [6.45, 7) is 4.41. The predicted octanol–water partition coefficient (Wildman–Crippen LogP) is 4.68. The van der Waals surface area contributed by atoms with Gasteiger partial charge in [-0.1, -0.05) is 49.2 Å². The lowest BCUT2D eigenvalue weighted by molar-refractivity contribution is -0.111. The van der Waals surface area contributed by atoms with E-state index in [9.17, 15) is 13.2 Å². The zero-order chi connectivity index (χ0) is 20.0. The average Bonchev–Trinajstić information content (AvgIpc) is 2.64. The zero-order valence-corrected chi connectivity index (χ0v) is 17.3. The van der Waals surface area contributed by atoms with Crippen molar-refractivity contribution in [2.45, 2.75) is 18.7 Å². The van der Waals surface area contributed by atoms with Gasteiger partial charge in [0.1, 0.15) is 0 Å². The Labute approximate surface area is 169 Å². The Bertz CT molecular complexity index is 938. The number of nitrogens with one attached hydrogen (secondary N) is 1. The van der Waals surface area contributed by atoms with Gasteiger partial charge in [-0.2, -0.15) is 4.31 Å². The molecule has 0 aromatic heterocycles. The summed E-state index contributed by atoms with van der Waals surface area (Å²) >= 11 is 11.9. The van der Waals surface area contributed by atoms with E-state index in [1.54, 1.807) is 50.3 Å². The highest BCUT2D eigenvalue weighted by Crippen LogP contribution is 2.25. The van der Waals surface area contributed by atoms with Gasteiger partial charge in [0.2, 0.25) is 15.9 Å². The molecule has 0 bridgehead atoms. The van der Waals surface area contributed by atoms with Gasteiger partial charge in [0.15, 0.2) is 0 Å². The largest absolute Gasteiger partial charge is 0.321 e. The fourth-order valence-electron chi connectivity index (χ4n) is 2.40. The number of carbonyl (C=O) groups excluding carboxylic acids is 1. The molecule has 0 unspecified atom stereocenters. The van der Waals surface area contributed by atoms with Gasteiger partial charge in [-0.15, -0.1) is 0 Å². The number of amides is 1. The monoisotopic (exact) mass is 426 g/mol. The van der Waals surface area contributed by atoms with Crippen LogP contribution in [0.25, 0.3) is 6.08 Å². The summed E-state index contributed by atoms with van der Waals surface area (Å²) in [4.78, 5) is 12.3. The van der Waals surface area contributed by atoms with E-state index in [-0.39, 0.29) is 10.8 Å². The van der Waals surface area contributed by atoms with E-state index in [1.165, 1.54) is 22.5 Å². The molecule has 0 aliphatic rings. The third-order valence-electron chi connectivity index (χ3n) is 3.84. The second-order valence-electron chi connectivity index (χ2n) is 5.61. The smallest absolute Gasteiger partial charge is 0.248 e. The van der Waals surface area contributed by atoms with Crippen molar-refractivity contribution in [1.29, 1.82) is 0 Å². The number of nitrogens with zero attached hydrogens (tertiary/aromatic N) is 1. The molecular formula is C19H20Cl2N2O3S. The van der Waals surface area contributed by atoms with Crippen molar-refractivity contribution in [2.75, 3.05) is 18.4 Å². The first kappa shape index (κ1) is 21.4. The maximum atomic E-state index is 12.5. The maximum absolute atomic E-state index is 12.5. The summed E-state index contributed by atoms with van der Waals surface area (Å²) < 4.78 is 26.3. The molecule has 0 fully saturated rings. The van der Waals surface area contributed by atoms with E-state index in [0.717, 1.165) is 0 Å². The lowest BCUT2D eigenvalue weighted by Crippen LogP contribution is -2.30. The van der Waals surface area contributed by atoms with Crippen molar-refractivity contribution in [1.82, 2.24) is 4.31 Å². The Balaban J connectivity index is 2.09. The minimum atomic E-state index is -3.50. The van der Waals surface area contributed by atoms with E-state index < -0.39 is 10.0 Å². The van der Waals surface area contributed by atoms with Crippen LogP contribution in [-0.2, 0) is 14.8 Å². The molecule has 5 nitrogen and oxygen atoms in total. The van der Waals surface area contributed by atoms with Crippen molar-refractivity contribution < 1.29 is 13.2 Å². The maximum Gasteiger partial charge on any atom is 0.248 e. The average molecular weight is 427 g/mol. The summed E-state index contributed by atoms with van der Waals surface area (Å²) in [5, 5.41) is 3.49. The van der Waals surface area contributed by atoms with E-state index in [0.29, 0.717) is 34.4 Å². The standard InChI is InChI=1S/C19H20Cl2N2O3S/c1-3-23(4-2)27(25,26)16-9-5-14(6-10-16)7-12-19(24)22-18-13-15(20)8-11-17(18)21/h5-13H,3-4H2,1-2H3,(H,22,24)/b12-7+. The number of hydrogen-bond acceptors (Lipinski definition) is 3. The van der Waals surface area contributed by atoms with Gasteiger partial charge in [-0.05, 0) is 42.0 Å².